The Kier molecular flexibility index (Phi) is 3.09. The van der Waals surface area contributed by atoms with Crippen molar-refractivity contribution in [1.29, 1.82) is 0 Å². The third-order valence-corrected chi connectivity index (χ3v) is 3.84. The van der Waals surface area contributed by atoms with Gasteiger partial charge in [0.25, 0.3) is 0 Å². The molecule has 2 heteroatoms. The molecule has 1 aromatic carbocycles. The summed E-state index contributed by atoms with van der Waals surface area (Å²) in [5.74, 6) is 0. The molecule has 2 aromatic rings. The second-order valence-electron chi connectivity index (χ2n) is 5.10. The smallest absolute Gasteiger partial charge is 0.0482 e. The lowest BCUT2D eigenvalue weighted by Crippen LogP contribution is -2.24. The fraction of sp³-hybridized carbons (Fsp3) is 0.375. The third-order valence-electron chi connectivity index (χ3n) is 3.84. The number of hydrogen-bond acceptors (Lipinski definition) is 1. The molecule has 1 aliphatic heterocycles. The summed E-state index contributed by atoms with van der Waals surface area (Å²) in [6.45, 7) is 2.42. The number of aryl methyl sites for hydroxylation is 1. The molecule has 1 saturated heterocycles. The molecule has 0 saturated carbocycles. The van der Waals surface area contributed by atoms with Gasteiger partial charge in [-0.25, -0.2) is 0 Å². The van der Waals surface area contributed by atoms with Crippen LogP contribution in [0, 0.1) is 0 Å². The number of aromatic nitrogens is 1. The Morgan fingerprint density at radius 2 is 1.83 bits per heavy atom. The van der Waals surface area contributed by atoms with E-state index in [2.05, 4.69) is 59.1 Å². The van der Waals surface area contributed by atoms with Crippen molar-refractivity contribution in [3.05, 3.63) is 42.2 Å². The fourth-order valence-electron chi connectivity index (χ4n) is 2.72. The molecule has 2 nitrogen and oxygen atoms in total. The number of rotatable bonds is 2. The number of fused-ring (bicyclic) bond motifs is 1. The maximum absolute atomic E-state index is 2.43. The second-order valence-corrected chi connectivity index (χ2v) is 5.10. The van der Waals surface area contributed by atoms with Crippen molar-refractivity contribution in [2.24, 2.45) is 7.05 Å². The summed E-state index contributed by atoms with van der Waals surface area (Å²) in [7, 11) is 2.14. The minimum atomic E-state index is 1.21. The fourth-order valence-corrected chi connectivity index (χ4v) is 2.72. The van der Waals surface area contributed by atoms with Gasteiger partial charge in [-0.2, -0.15) is 0 Å². The van der Waals surface area contributed by atoms with Gasteiger partial charge in [0.2, 0.25) is 0 Å². The van der Waals surface area contributed by atoms with Crippen LogP contribution in [0.3, 0.4) is 0 Å². The summed E-state index contributed by atoms with van der Waals surface area (Å²) >= 11 is 0. The van der Waals surface area contributed by atoms with Crippen LogP contribution in [-0.2, 0) is 7.05 Å². The van der Waals surface area contributed by atoms with Gasteiger partial charge >= 0.3 is 0 Å². The minimum absolute atomic E-state index is 1.21. The van der Waals surface area contributed by atoms with Crippen LogP contribution < -0.4 is 0 Å². The molecular weight excluding hydrogens is 220 g/mol. The highest BCUT2D eigenvalue weighted by Gasteiger charge is 2.06. The number of nitrogens with zero attached hydrogens (tertiary/aromatic N) is 2. The Balaban J connectivity index is 1.85. The van der Waals surface area contributed by atoms with Gasteiger partial charge in [-0.05, 0) is 37.5 Å². The maximum Gasteiger partial charge on any atom is 0.0482 e. The van der Waals surface area contributed by atoms with E-state index in [0.717, 1.165) is 0 Å². The van der Waals surface area contributed by atoms with Crippen molar-refractivity contribution in [3.63, 3.8) is 0 Å². The zero-order valence-electron chi connectivity index (χ0n) is 11.0. The summed E-state index contributed by atoms with van der Waals surface area (Å²) in [4.78, 5) is 2.43. The zero-order valence-corrected chi connectivity index (χ0v) is 11.0. The molecule has 2 heterocycles. The van der Waals surface area contributed by atoms with E-state index >= 15 is 0 Å². The molecule has 0 spiro atoms. The SMILES string of the molecule is Cn1c(C=CN2CCCCC2)cc2ccccc21. The molecule has 0 aliphatic carbocycles. The molecule has 1 aromatic heterocycles. The van der Waals surface area contributed by atoms with Crippen molar-refractivity contribution in [3.8, 4) is 0 Å². The zero-order chi connectivity index (χ0) is 12.4. The highest BCUT2D eigenvalue weighted by atomic mass is 15.1. The van der Waals surface area contributed by atoms with Gasteiger partial charge in [0.15, 0.2) is 0 Å². The highest BCUT2D eigenvalue weighted by Crippen LogP contribution is 2.19. The molecule has 0 atom stereocenters. The van der Waals surface area contributed by atoms with Gasteiger partial charge < -0.3 is 9.47 Å². The molecular formula is C16H20N2. The molecule has 94 valence electrons. The van der Waals surface area contributed by atoms with Crippen LogP contribution in [0.15, 0.2) is 36.5 Å². The lowest BCUT2D eigenvalue weighted by molar-refractivity contribution is 0.311. The van der Waals surface area contributed by atoms with Crippen LogP contribution in [0.2, 0.25) is 0 Å². The summed E-state index contributed by atoms with van der Waals surface area (Å²) in [5.41, 5.74) is 2.58. The van der Waals surface area contributed by atoms with Gasteiger partial charge in [-0.3, -0.25) is 0 Å². The van der Waals surface area contributed by atoms with Crippen molar-refractivity contribution >= 4 is 17.0 Å². The molecule has 0 unspecified atom stereocenters. The standard InChI is InChI=1S/C16H20N2/c1-17-15(9-12-18-10-5-2-6-11-18)13-14-7-3-4-8-16(14)17/h3-4,7-9,12-13H,2,5-6,10-11H2,1H3. The average molecular weight is 240 g/mol. The van der Waals surface area contributed by atoms with Crippen LogP contribution in [0.1, 0.15) is 25.0 Å². The summed E-state index contributed by atoms with van der Waals surface area (Å²) < 4.78 is 2.26. The molecule has 0 amide bonds. The predicted octanol–water partition coefficient (Wildman–Crippen LogP) is 3.63. The third kappa shape index (κ3) is 2.15. The maximum atomic E-state index is 2.43. The largest absolute Gasteiger partial charge is 0.377 e. The van der Waals surface area contributed by atoms with E-state index in [1.807, 2.05) is 0 Å². The van der Waals surface area contributed by atoms with E-state index in [1.54, 1.807) is 0 Å². The number of likely N-dealkylation sites (tertiary alicyclic amines) is 1. The normalized spacial score (nSPS) is 16.8. The molecule has 3 rings (SSSR count). The van der Waals surface area contributed by atoms with Gasteiger partial charge in [-0.1, -0.05) is 18.2 Å². The Morgan fingerprint density at radius 1 is 1.06 bits per heavy atom. The number of para-hydroxylation sites is 1. The van der Waals surface area contributed by atoms with Crippen molar-refractivity contribution in [1.82, 2.24) is 9.47 Å². The molecule has 1 fully saturated rings. The van der Waals surface area contributed by atoms with Crippen molar-refractivity contribution in [2.45, 2.75) is 19.3 Å². The highest BCUT2D eigenvalue weighted by molar-refractivity contribution is 5.83. The van der Waals surface area contributed by atoms with Crippen molar-refractivity contribution in [2.75, 3.05) is 13.1 Å². The van der Waals surface area contributed by atoms with Gasteiger partial charge in [0.05, 0.1) is 0 Å². The van der Waals surface area contributed by atoms with E-state index in [0.29, 0.717) is 0 Å². The van der Waals surface area contributed by atoms with Gasteiger partial charge in [0, 0.05) is 42.9 Å². The van der Waals surface area contributed by atoms with E-state index in [-0.39, 0.29) is 0 Å². The van der Waals surface area contributed by atoms with Crippen LogP contribution in [-0.4, -0.2) is 22.6 Å². The quantitative estimate of drug-likeness (QED) is 0.778. The predicted molar refractivity (Wildman–Crippen MR) is 77.4 cm³/mol. The Bertz CT molecular complexity index is 559. The summed E-state index contributed by atoms with van der Waals surface area (Å²) in [5, 5.41) is 1.32. The lowest BCUT2D eigenvalue weighted by atomic mass is 10.1. The topological polar surface area (TPSA) is 8.17 Å². The first-order valence-corrected chi connectivity index (χ1v) is 6.81. The summed E-state index contributed by atoms with van der Waals surface area (Å²) in [6, 6.07) is 10.8. The second kappa shape index (κ2) is 4.89. The van der Waals surface area contributed by atoms with Crippen LogP contribution in [0.5, 0.6) is 0 Å². The number of benzene rings is 1. The number of hydrogen-bond donors (Lipinski definition) is 0. The Hall–Kier alpha value is -1.70. The van der Waals surface area contributed by atoms with Gasteiger partial charge in [-0.15, -0.1) is 0 Å². The van der Waals surface area contributed by atoms with Crippen LogP contribution in [0.4, 0.5) is 0 Å². The van der Waals surface area contributed by atoms with E-state index in [4.69, 9.17) is 0 Å². The Labute approximate surface area is 109 Å². The van der Waals surface area contributed by atoms with Crippen LogP contribution >= 0.6 is 0 Å². The molecule has 0 N–H and O–H groups in total. The molecule has 18 heavy (non-hydrogen) atoms. The molecule has 0 radical (unpaired) electrons. The first-order valence-electron chi connectivity index (χ1n) is 6.81. The Morgan fingerprint density at radius 3 is 2.61 bits per heavy atom. The average Bonchev–Trinajstić information content (AvgIpc) is 2.75. The first-order chi connectivity index (χ1) is 8.84. The first kappa shape index (κ1) is 11.4. The van der Waals surface area contributed by atoms with E-state index < -0.39 is 0 Å². The minimum Gasteiger partial charge on any atom is -0.377 e. The number of piperidine rings is 1. The van der Waals surface area contributed by atoms with Crippen molar-refractivity contribution < 1.29 is 0 Å². The monoisotopic (exact) mass is 240 g/mol. The van der Waals surface area contributed by atoms with E-state index in [9.17, 15) is 0 Å². The van der Waals surface area contributed by atoms with E-state index in [1.165, 1.54) is 48.9 Å². The van der Waals surface area contributed by atoms with Gasteiger partial charge in [0.1, 0.15) is 0 Å². The lowest BCUT2D eigenvalue weighted by Gasteiger charge is -2.24. The summed E-state index contributed by atoms with van der Waals surface area (Å²) in [6.07, 6.45) is 8.55. The molecule has 0 bridgehead atoms. The molecule has 1 aliphatic rings. The van der Waals surface area contributed by atoms with Crippen LogP contribution in [0.25, 0.3) is 17.0 Å².